The highest BCUT2D eigenvalue weighted by molar-refractivity contribution is 7.86. The third-order valence-corrected chi connectivity index (χ3v) is 4.94. The Balaban J connectivity index is 2.74. The van der Waals surface area contributed by atoms with Gasteiger partial charge in [0.25, 0.3) is 10.1 Å². The Hall–Kier alpha value is -1.08. The van der Waals surface area contributed by atoms with Crippen LogP contribution in [-0.2, 0) is 14.9 Å². The molecule has 0 aromatic carbocycles. The first kappa shape index (κ1) is 18.0. The van der Waals surface area contributed by atoms with Crippen LogP contribution in [0.5, 0.6) is 0 Å². The predicted molar refractivity (Wildman–Crippen MR) is 80.7 cm³/mol. The van der Waals surface area contributed by atoms with Crippen LogP contribution in [0.1, 0.15) is 47.5 Å². The van der Waals surface area contributed by atoms with Crippen LogP contribution in [0.25, 0.3) is 0 Å². The smallest absolute Gasteiger partial charge is 0.407 e. The number of hydrogen-bond donors (Lipinski definition) is 2. The third kappa shape index (κ3) is 5.67. The molecule has 0 heterocycles. The highest BCUT2D eigenvalue weighted by atomic mass is 32.2. The van der Waals surface area contributed by atoms with Gasteiger partial charge in [-0.05, 0) is 53.4 Å². The lowest BCUT2D eigenvalue weighted by Crippen LogP contribution is -2.42. The summed E-state index contributed by atoms with van der Waals surface area (Å²) in [6.45, 7) is 9.23. The van der Waals surface area contributed by atoms with Gasteiger partial charge in [-0.1, -0.05) is 11.1 Å². The maximum Gasteiger partial charge on any atom is 0.407 e. The molecule has 7 heteroatoms. The summed E-state index contributed by atoms with van der Waals surface area (Å²) in [5.41, 5.74) is 1.47. The number of carbonyl (C=O) groups is 1. The first-order valence-corrected chi connectivity index (χ1v) is 8.49. The minimum Gasteiger partial charge on any atom is -0.444 e. The Labute approximate surface area is 126 Å². The standard InChI is InChI=1S/C14H25NO5S/c1-9-6-11(8-15-13(16)20-14(3,4)5)12(7-10(9)2)21(17,18)19/h11-12H,6-8H2,1-5H3,(H,15,16)(H,17,18,19). The summed E-state index contributed by atoms with van der Waals surface area (Å²) < 4.78 is 37.5. The van der Waals surface area contributed by atoms with Gasteiger partial charge < -0.3 is 10.1 Å². The number of hydrogen-bond acceptors (Lipinski definition) is 4. The van der Waals surface area contributed by atoms with E-state index in [4.69, 9.17) is 4.74 Å². The molecule has 1 rings (SSSR count). The van der Waals surface area contributed by atoms with E-state index in [-0.39, 0.29) is 12.5 Å². The molecule has 1 aliphatic carbocycles. The second-order valence-electron chi connectivity index (χ2n) is 6.67. The first-order valence-electron chi connectivity index (χ1n) is 6.98. The summed E-state index contributed by atoms with van der Waals surface area (Å²) in [5, 5.41) is 1.71. The maximum atomic E-state index is 11.6. The van der Waals surface area contributed by atoms with E-state index in [1.807, 2.05) is 13.8 Å². The van der Waals surface area contributed by atoms with Crippen LogP contribution in [0, 0.1) is 5.92 Å². The molecule has 0 spiro atoms. The van der Waals surface area contributed by atoms with Gasteiger partial charge in [-0.25, -0.2) is 4.79 Å². The summed E-state index contributed by atoms with van der Waals surface area (Å²) in [5.74, 6) is -0.351. The Morgan fingerprint density at radius 2 is 1.81 bits per heavy atom. The molecule has 1 aliphatic rings. The average Bonchev–Trinajstić information content (AvgIpc) is 2.26. The molecular weight excluding hydrogens is 294 g/mol. The lowest BCUT2D eigenvalue weighted by Gasteiger charge is -2.31. The van der Waals surface area contributed by atoms with Crippen molar-refractivity contribution in [1.29, 1.82) is 0 Å². The molecule has 21 heavy (non-hydrogen) atoms. The minimum absolute atomic E-state index is 0.157. The summed E-state index contributed by atoms with van der Waals surface area (Å²) in [6, 6.07) is 0. The van der Waals surface area contributed by atoms with Crippen LogP contribution < -0.4 is 5.32 Å². The van der Waals surface area contributed by atoms with Crippen LogP contribution in [0.3, 0.4) is 0 Å². The zero-order chi connectivity index (χ0) is 16.4. The van der Waals surface area contributed by atoms with E-state index in [1.165, 1.54) is 0 Å². The molecule has 2 unspecified atom stereocenters. The summed E-state index contributed by atoms with van der Waals surface area (Å²) in [4.78, 5) is 11.6. The molecule has 122 valence electrons. The van der Waals surface area contributed by atoms with Crippen molar-refractivity contribution in [1.82, 2.24) is 5.32 Å². The monoisotopic (exact) mass is 319 g/mol. The Morgan fingerprint density at radius 3 is 2.29 bits per heavy atom. The van der Waals surface area contributed by atoms with Crippen molar-refractivity contribution < 1.29 is 22.5 Å². The van der Waals surface area contributed by atoms with Crippen LogP contribution in [-0.4, -0.2) is 36.5 Å². The topological polar surface area (TPSA) is 92.7 Å². The van der Waals surface area contributed by atoms with Gasteiger partial charge in [0.15, 0.2) is 0 Å². The van der Waals surface area contributed by atoms with E-state index in [0.29, 0.717) is 12.8 Å². The van der Waals surface area contributed by atoms with Crippen LogP contribution >= 0.6 is 0 Å². The summed E-state index contributed by atoms with van der Waals surface area (Å²) in [6.07, 6.45) is 0.248. The number of carbonyl (C=O) groups excluding carboxylic acids is 1. The van der Waals surface area contributed by atoms with Gasteiger partial charge in [-0.2, -0.15) is 8.42 Å². The number of rotatable bonds is 3. The fourth-order valence-electron chi connectivity index (χ4n) is 2.42. The quantitative estimate of drug-likeness (QED) is 0.616. The number of alkyl carbamates (subject to hydrolysis) is 1. The maximum absolute atomic E-state index is 11.6. The van der Waals surface area contributed by atoms with E-state index in [9.17, 15) is 17.8 Å². The molecule has 2 atom stereocenters. The summed E-state index contributed by atoms with van der Waals surface area (Å²) in [7, 11) is -4.14. The second-order valence-corrected chi connectivity index (χ2v) is 8.30. The molecular formula is C14H25NO5S. The van der Waals surface area contributed by atoms with Gasteiger partial charge in [0, 0.05) is 6.54 Å². The SMILES string of the molecule is CC1=C(C)CC(S(=O)(=O)O)C(CNC(=O)OC(C)(C)C)C1. The van der Waals surface area contributed by atoms with Crippen molar-refractivity contribution >= 4 is 16.2 Å². The summed E-state index contributed by atoms with van der Waals surface area (Å²) >= 11 is 0. The third-order valence-electron chi connectivity index (χ3n) is 3.62. The fourth-order valence-corrected chi connectivity index (χ4v) is 3.56. The molecule has 0 radical (unpaired) electrons. The predicted octanol–water partition coefficient (Wildman–Crippen LogP) is 2.51. The molecule has 0 saturated heterocycles. The zero-order valence-electron chi connectivity index (χ0n) is 13.3. The van der Waals surface area contributed by atoms with Gasteiger partial charge >= 0.3 is 6.09 Å². The van der Waals surface area contributed by atoms with E-state index >= 15 is 0 Å². The van der Waals surface area contributed by atoms with Gasteiger partial charge in [0.2, 0.25) is 0 Å². The highest BCUT2D eigenvalue weighted by Crippen LogP contribution is 2.32. The van der Waals surface area contributed by atoms with Crippen LogP contribution in [0.15, 0.2) is 11.1 Å². The van der Waals surface area contributed by atoms with E-state index in [0.717, 1.165) is 11.1 Å². The molecule has 0 bridgehead atoms. The molecule has 0 saturated carbocycles. The first-order chi connectivity index (χ1) is 9.40. The Morgan fingerprint density at radius 1 is 1.29 bits per heavy atom. The molecule has 2 N–H and O–H groups in total. The number of amides is 1. The van der Waals surface area contributed by atoms with Crippen molar-refractivity contribution in [3.8, 4) is 0 Å². The van der Waals surface area contributed by atoms with Crippen molar-refractivity contribution in [2.45, 2.75) is 58.3 Å². The van der Waals surface area contributed by atoms with Gasteiger partial charge in [0.1, 0.15) is 5.60 Å². The Bertz CT molecular complexity index is 530. The van der Waals surface area contributed by atoms with Gasteiger partial charge in [-0.15, -0.1) is 0 Å². The lowest BCUT2D eigenvalue weighted by molar-refractivity contribution is 0.0517. The van der Waals surface area contributed by atoms with E-state index in [2.05, 4.69) is 5.32 Å². The number of nitrogens with one attached hydrogen (secondary N) is 1. The van der Waals surface area contributed by atoms with Crippen molar-refractivity contribution in [2.75, 3.05) is 6.54 Å². The number of ether oxygens (including phenoxy) is 1. The molecule has 6 nitrogen and oxygen atoms in total. The minimum atomic E-state index is -4.14. The van der Waals surface area contributed by atoms with Crippen molar-refractivity contribution in [3.05, 3.63) is 11.1 Å². The Kier molecular flexibility index (Phi) is 5.44. The highest BCUT2D eigenvalue weighted by Gasteiger charge is 2.36. The molecule has 0 aromatic heterocycles. The molecule has 0 fully saturated rings. The van der Waals surface area contributed by atoms with E-state index in [1.54, 1.807) is 20.8 Å². The van der Waals surface area contributed by atoms with Crippen LogP contribution in [0.2, 0.25) is 0 Å². The van der Waals surface area contributed by atoms with Crippen molar-refractivity contribution in [2.24, 2.45) is 5.92 Å². The lowest BCUT2D eigenvalue weighted by atomic mass is 9.84. The fraction of sp³-hybridized carbons (Fsp3) is 0.786. The normalized spacial score (nSPS) is 23.9. The average molecular weight is 319 g/mol. The molecule has 1 amide bonds. The largest absolute Gasteiger partial charge is 0.444 e. The van der Waals surface area contributed by atoms with E-state index < -0.39 is 27.1 Å². The van der Waals surface area contributed by atoms with Crippen molar-refractivity contribution in [3.63, 3.8) is 0 Å². The zero-order valence-corrected chi connectivity index (χ0v) is 14.1. The molecule has 0 aliphatic heterocycles. The molecule has 0 aromatic rings. The van der Waals surface area contributed by atoms with Gasteiger partial charge in [0.05, 0.1) is 5.25 Å². The van der Waals surface area contributed by atoms with Gasteiger partial charge in [-0.3, -0.25) is 4.55 Å². The second kappa shape index (κ2) is 6.36. The van der Waals surface area contributed by atoms with Crippen LogP contribution in [0.4, 0.5) is 4.79 Å². The number of allylic oxidation sites excluding steroid dienone is 2.